The smallest absolute Gasteiger partial charge is 0.350 e. The van der Waals surface area contributed by atoms with E-state index >= 15 is 0 Å². The van der Waals surface area contributed by atoms with Crippen molar-refractivity contribution in [2.75, 3.05) is 11.5 Å². The Morgan fingerprint density at radius 2 is 2.11 bits per heavy atom. The Hall–Kier alpha value is -1.89. The molecular weight excluding hydrogens is 250 g/mol. The Balaban J connectivity index is 0.000000169. The maximum Gasteiger partial charge on any atom is 0.350 e. The predicted molar refractivity (Wildman–Crippen MR) is 71.1 cm³/mol. The molecule has 2 aromatic rings. The van der Waals surface area contributed by atoms with Gasteiger partial charge in [0.15, 0.2) is 0 Å². The zero-order chi connectivity index (χ0) is 12.8. The van der Waals surface area contributed by atoms with Gasteiger partial charge < -0.3 is 5.73 Å². The van der Waals surface area contributed by atoms with E-state index in [1.165, 1.54) is 6.33 Å². The van der Waals surface area contributed by atoms with Crippen molar-refractivity contribution >= 4 is 17.6 Å². The van der Waals surface area contributed by atoms with Gasteiger partial charge in [0, 0.05) is 18.6 Å². The summed E-state index contributed by atoms with van der Waals surface area (Å²) in [5.41, 5.74) is 5.11. The van der Waals surface area contributed by atoms with Crippen LogP contribution in [0.5, 0.6) is 0 Å². The third-order valence-corrected chi connectivity index (χ3v) is 3.63. The van der Waals surface area contributed by atoms with Crippen LogP contribution >= 0.6 is 11.8 Å². The van der Waals surface area contributed by atoms with Gasteiger partial charge in [-0.1, -0.05) is 0 Å². The molecule has 6 nitrogen and oxygen atoms in total. The van der Waals surface area contributed by atoms with Crippen molar-refractivity contribution in [3.63, 3.8) is 0 Å². The molecule has 0 bridgehead atoms. The summed E-state index contributed by atoms with van der Waals surface area (Å²) in [6.07, 6.45) is 7.64. The van der Waals surface area contributed by atoms with Crippen molar-refractivity contribution in [3.05, 3.63) is 47.5 Å². The van der Waals surface area contributed by atoms with Crippen LogP contribution in [0.25, 0.3) is 0 Å². The fourth-order valence-electron chi connectivity index (χ4n) is 1.34. The zero-order valence-corrected chi connectivity index (χ0v) is 10.5. The summed E-state index contributed by atoms with van der Waals surface area (Å²) in [7, 11) is 0. The number of nitrogens with two attached hydrogens (primary N) is 1. The average Bonchev–Trinajstić information content (AvgIpc) is 2.33. The van der Waals surface area contributed by atoms with Gasteiger partial charge in [0.2, 0.25) is 0 Å². The first-order valence-electron chi connectivity index (χ1n) is 5.43. The number of hydrogen-bond donors (Lipinski definition) is 1. The van der Waals surface area contributed by atoms with Gasteiger partial charge in [-0.25, -0.2) is 14.8 Å². The van der Waals surface area contributed by atoms with E-state index in [1.54, 1.807) is 47.1 Å². The number of rotatable bonds is 1. The highest BCUT2D eigenvalue weighted by Gasteiger charge is 2.20. The molecule has 1 saturated heterocycles. The molecule has 18 heavy (non-hydrogen) atoms. The molecule has 0 saturated carbocycles. The van der Waals surface area contributed by atoms with E-state index in [9.17, 15) is 4.79 Å². The van der Waals surface area contributed by atoms with Crippen LogP contribution in [0.4, 0.5) is 5.82 Å². The van der Waals surface area contributed by atoms with Gasteiger partial charge >= 0.3 is 5.69 Å². The Bertz CT molecular complexity index is 514. The molecule has 1 unspecified atom stereocenters. The molecule has 0 radical (unpaired) electrons. The molecule has 1 atom stereocenters. The highest BCUT2D eigenvalue weighted by molar-refractivity contribution is 8.00. The first kappa shape index (κ1) is 12.6. The predicted octanol–water partition coefficient (Wildman–Crippen LogP) is 0.938. The van der Waals surface area contributed by atoms with Gasteiger partial charge in [0.1, 0.15) is 12.1 Å². The molecule has 1 fully saturated rings. The van der Waals surface area contributed by atoms with E-state index in [4.69, 9.17) is 5.73 Å². The monoisotopic (exact) mass is 263 g/mol. The lowest BCUT2D eigenvalue weighted by Crippen LogP contribution is -2.29. The van der Waals surface area contributed by atoms with Crippen molar-refractivity contribution in [3.8, 4) is 0 Å². The lowest BCUT2D eigenvalue weighted by atomic mass is 10.4. The number of nitrogens with zero attached hydrogens (tertiary/aromatic N) is 4. The maximum atomic E-state index is 11.2. The van der Waals surface area contributed by atoms with E-state index < -0.39 is 0 Å². The van der Waals surface area contributed by atoms with E-state index in [2.05, 4.69) is 15.0 Å². The van der Waals surface area contributed by atoms with E-state index in [-0.39, 0.29) is 11.1 Å². The number of thioether (sulfide) groups is 1. The first-order valence-corrected chi connectivity index (χ1v) is 6.48. The largest absolute Gasteiger partial charge is 0.383 e. The van der Waals surface area contributed by atoms with Gasteiger partial charge in [0.05, 0.1) is 5.37 Å². The minimum Gasteiger partial charge on any atom is -0.383 e. The molecule has 0 aliphatic carbocycles. The highest BCUT2D eigenvalue weighted by Crippen LogP contribution is 2.36. The van der Waals surface area contributed by atoms with E-state index in [1.807, 2.05) is 0 Å². The Morgan fingerprint density at radius 3 is 2.50 bits per heavy atom. The third kappa shape index (κ3) is 3.30. The van der Waals surface area contributed by atoms with Gasteiger partial charge in [0.25, 0.3) is 0 Å². The van der Waals surface area contributed by atoms with Crippen LogP contribution in [-0.4, -0.2) is 25.3 Å². The van der Waals surface area contributed by atoms with Crippen LogP contribution in [0.3, 0.4) is 0 Å². The second-order valence-electron chi connectivity index (χ2n) is 3.56. The summed E-state index contributed by atoms with van der Waals surface area (Å²) in [6, 6.07) is 3.43. The molecule has 1 aliphatic heterocycles. The minimum atomic E-state index is -0.243. The fourth-order valence-corrected chi connectivity index (χ4v) is 2.11. The van der Waals surface area contributed by atoms with Crippen molar-refractivity contribution < 1.29 is 0 Å². The molecule has 1 aliphatic rings. The van der Waals surface area contributed by atoms with Crippen molar-refractivity contribution in [1.82, 2.24) is 19.5 Å². The quantitative estimate of drug-likeness (QED) is 0.824. The standard InChI is InChI=1S/C7H9N3OS.C4H4N2/c8-5-1-3-10(7(11)9-5)6-2-4-12-6;1-2-5-4-6-3-1/h1,3,6H,2,4H2,(H2,8,9,11);1-4H. The summed E-state index contributed by atoms with van der Waals surface area (Å²) in [5.74, 6) is 1.42. The molecule has 7 heteroatoms. The second kappa shape index (κ2) is 6.15. The zero-order valence-electron chi connectivity index (χ0n) is 9.64. The molecule has 94 valence electrons. The fraction of sp³-hybridized carbons (Fsp3) is 0.273. The van der Waals surface area contributed by atoms with Crippen LogP contribution in [0.1, 0.15) is 11.8 Å². The SMILES string of the molecule is Nc1ccn(C2CCS2)c(=O)n1.c1cncnc1. The number of nitrogen functional groups attached to an aromatic ring is 1. The van der Waals surface area contributed by atoms with E-state index in [0.717, 1.165) is 12.2 Å². The summed E-state index contributed by atoms with van der Waals surface area (Å²) in [4.78, 5) is 22.2. The van der Waals surface area contributed by atoms with Gasteiger partial charge in [-0.15, -0.1) is 11.8 Å². The van der Waals surface area contributed by atoms with Crippen LogP contribution in [0, 0.1) is 0 Å². The molecule has 0 spiro atoms. The highest BCUT2D eigenvalue weighted by atomic mass is 32.2. The topological polar surface area (TPSA) is 86.7 Å². The van der Waals surface area contributed by atoms with Crippen molar-refractivity contribution in [2.45, 2.75) is 11.8 Å². The average molecular weight is 263 g/mol. The van der Waals surface area contributed by atoms with Crippen LogP contribution < -0.4 is 11.4 Å². The molecule has 2 N–H and O–H groups in total. The van der Waals surface area contributed by atoms with Crippen molar-refractivity contribution in [2.24, 2.45) is 0 Å². The molecular formula is C11H13N5OS. The molecule has 2 aromatic heterocycles. The van der Waals surface area contributed by atoms with E-state index in [0.29, 0.717) is 5.82 Å². The Morgan fingerprint density at radius 1 is 1.39 bits per heavy atom. The first-order chi connectivity index (χ1) is 8.77. The summed E-state index contributed by atoms with van der Waals surface area (Å²) in [5, 5.41) is 0.283. The molecule has 0 amide bonds. The third-order valence-electron chi connectivity index (χ3n) is 2.31. The van der Waals surface area contributed by atoms with Crippen LogP contribution in [0.2, 0.25) is 0 Å². The lowest BCUT2D eigenvalue weighted by Gasteiger charge is -2.26. The molecule has 3 rings (SSSR count). The Kier molecular flexibility index (Phi) is 4.30. The molecule has 3 heterocycles. The van der Waals surface area contributed by atoms with Crippen molar-refractivity contribution in [1.29, 1.82) is 0 Å². The van der Waals surface area contributed by atoms with Crippen LogP contribution in [-0.2, 0) is 0 Å². The van der Waals surface area contributed by atoms with Gasteiger partial charge in [-0.3, -0.25) is 4.57 Å². The minimum absolute atomic E-state index is 0.243. The van der Waals surface area contributed by atoms with Crippen LogP contribution in [0.15, 0.2) is 41.8 Å². The summed E-state index contributed by atoms with van der Waals surface area (Å²) >= 11 is 1.76. The molecule has 0 aromatic carbocycles. The second-order valence-corrected chi connectivity index (χ2v) is 4.85. The van der Waals surface area contributed by atoms with Gasteiger partial charge in [-0.05, 0) is 24.3 Å². The Labute approximate surface area is 108 Å². The summed E-state index contributed by atoms with van der Waals surface area (Å²) < 4.78 is 1.63. The normalized spacial score (nSPS) is 17.2. The summed E-state index contributed by atoms with van der Waals surface area (Å²) in [6.45, 7) is 0. The van der Waals surface area contributed by atoms with Gasteiger partial charge in [-0.2, -0.15) is 4.98 Å². The number of hydrogen-bond acceptors (Lipinski definition) is 6. The lowest BCUT2D eigenvalue weighted by molar-refractivity contribution is 0.592. The number of aromatic nitrogens is 4. The number of anilines is 1. The maximum absolute atomic E-state index is 11.2.